The van der Waals surface area contributed by atoms with Crippen molar-refractivity contribution in [3.8, 4) is 22.6 Å². The minimum Gasteiger partial charge on any atom is -0.493 e. The van der Waals surface area contributed by atoms with Crippen LogP contribution in [0.4, 0.5) is 0 Å². The van der Waals surface area contributed by atoms with Gasteiger partial charge in [0.25, 0.3) is 0 Å². The van der Waals surface area contributed by atoms with E-state index in [0.29, 0.717) is 12.5 Å². The van der Waals surface area contributed by atoms with Gasteiger partial charge in [0.15, 0.2) is 11.5 Å². The zero-order valence-corrected chi connectivity index (χ0v) is 12.8. The Morgan fingerprint density at radius 3 is 2.43 bits per heavy atom. The zero-order valence-electron chi connectivity index (χ0n) is 12.8. The predicted molar refractivity (Wildman–Crippen MR) is 84.9 cm³/mol. The van der Waals surface area contributed by atoms with Gasteiger partial charge in [-0.15, -0.1) is 0 Å². The molecule has 0 aliphatic carbocycles. The Balaban J connectivity index is 2.58. The van der Waals surface area contributed by atoms with E-state index in [1.165, 1.54) is 5.56 Å². The Morgan fingerprint density at radius 2 is 1.86 bits per heavy atom. The van der Waals surface area contributed by atoms with Crippen LogP contribution in [0.2, 0.25) is 0 Å². The van der Waals surface area contributed by atoms with E-state index in [4.69, 9.17) is 15.2 Å². The van der Waals surface area contributed by atoms with Crippen LogP contribution in [0.15, 0.2) is 36.7 Å². The number of nitrogens with two attached hydrogens (primary N) is 1. The average molecular weight is 286 g/mol. The second kappa shape index (κ2) is 7.09. The molecule has 112 valence electrons. The number of hydrogen-bond acceptors (Lipinski definition) is 4. The van der Waals surface area contributed by atoms with Gasteiger partial charge in [-0.1, -0.05) is 6.92 Å². The number of nitrogens with zero attached hydrogens (tertiary/aromatic N) is 1. The quantitative estimate of drug-likeness (QED) is 0.886. The Kier molecular flexibility index (Phi) is 5.17. The summed E-state index contributed by atoms with van der Waals surface area (Å²) in [6, 6.07) is 8.12. The van der Waals surface area contributed by atoms with E-state index in [9.17, 15) is 0 Å². The fraction of sp³-hybridized carbons (Fsp3) is 0.353. The van der Waals surface area contributed by atoms with Crippen molar-refractivity contribution >= 4 is 0 Å². The normalized spacial score (nSPS) is 12.0. The summed E-state index contributed by atoms with van der Waals surface area (Å²) in [5, 5.41) is 0. The summed E-state index contributed by atoms with van der Waals surface area (Å²) >= 11 is 0. The summed E-state index contributed by atoms with van der Waals surface area (Å²) < 4.78 is 11.0. The molecule has 0 bridgehead atoms. The summed E-state index contributed by atoms with van der Waals surface area (Å²) in [6.07, 6.45) is 4.49. The Bertz CT molecular complexity index is 585. The van der Waals surface area contributed by atoms with Gasteiger partial charge in [-0.2, -0.15) is 0 Å². The van der Waals surface area contributed by atoms with Crippen LogP contribution in [0, 0.1) is 0 Å². The average Bonchev–Trinajstić information content (AvgIpc) is 2.54. The maximum absolute atomic E-state index is 5.68. The molecule has 1 unspecified atom stereocenters. The summed E-state index contributed by atoms with van der Waals surface area (Å²) in [5.41, 5.74) is 8.95. The fourth-order valence-corrected chi connectivity index (χ4v) is 2.43. The third-order valence-electron chi connectivity index (χ3n) is 3.66. The molecule has 4 nitrogen and oxygen atoms in total. The van der Waals surface area contributed by atoms with Gasteiger partial charge in [0.1, 0.15) is 0 Å². The number of benzene rings is 1. The third kappa shape index (κ3) is 3.34. The van der Waals surface area contributed by atoms with Gasteiger partial charge in [0.2, 0.25) is 0 Å². The van der Waals surface area contributed by atoms with Crippen LogP contribution in [0.3, 0.4) is 0 Å². The van der Waals surface area contributed by atoms with Crippen molar-refractivity contribution in [2.24, 2.45) is 5.73 Å². The summed E-state index contributed by atoms with van der Waals surface area (Å²) in [6.45, 7) is 2.84. The minimum atomic E-state index is 0.371. The first kappa shape index (κ1) is 15.3. The number of pyridine rings is 1. The monoisotopic (exact) mass is 286 g/mol. The lowest BCUT2D eigenvalue weighted by Crippen LogP contribution is -2.05. The van der Waals surface area contributed by atoms with Crippen molar-refractivity contribution in [3.05, 3.63) is 42.2 Å². The van der Waals surface area contributed by atoms with E-state index >= 15 is 0 Å². The van der Waals surface area contributed by atoms with Crippen molar-refractivity contribution < 1.29 is 9.47 Å². The van der Waals surface area contributed by atoms with E-state index in [1.54, 1.807) is 26.6 Å². The lowest BCUT2D eigenvalue weighted by Gasteiger charge is -2.18. The van der Waals surface area contributed by atoms with Crippen LogP contribution in [-0.4, -0.2) is 25.7 Å². The van der Waals surface area contributed by atoms with Crippen LogP contribution in [0.5, 0.6) is 11.5 Å². The Labute approximate surface area is 125 Å². The number of methoxy groups -OCH3 is 2. The van der Waals surface area contributed by atoms with Crippen molar-refractivity contribution in [1.29, 1.82) is 0 Å². The van der Waals surface area contributed by atoms with Gasteiger partial charge in [-0.05, 0) is 54.3 Å². The van der Waals surface area contributed by atoms with E-state index in [1.807, 2.05) is 18.2 Å². The maximum atomic E-state index is 5.68. The number of ether oxygens (including phenoxy) is 2. The molecule has 1 aromatic carbocycles. The van der Waals surface area contributed by atoms with Crippen LogP contribution >= 0.6 is 0 Å². The first-order valence-electron chi connectivity index (χ1n) is 7.07. The number of aromatic nitrogens is 1. The molecule has 0 saturated carbocycles. The van der Waals surface area contributed by atoms with E-state index in [2.05, 4.69) is 18.0 Å². The molecule has 0 saturated heterocycles. The molecule has 0 aliphatic rings. The summed E-state index contributed by atoms with van der Waals surface area (Å²) in [5.74, 6) is 1.86. The van der Waals surface area contributed by atoms with E-state index < -0.39 is 0 Å². The number of hydrogen-bond donors (Lipinski definition) is 1. The Hall–Kier alpha value is -2.07. The zero-order chi connectivity index (χ0) is 15.2. The molecular weight excluding hydrogens is 264 g/mol. The molecule has 0 radical (unpaired) electrons. The predicted octanol–water partition coefficient (Wildman–Crippen LogP) is 3.22. The van der Waals surface area contributed by atoms with Crippen LogP contribution in [0.25, 0.3) is 11.1 Å². The molecule has 2 rings (SSSR count). The highest BCUT2D eigenvalue weighted by atomic mass is 16.5. The van der Waals surface area contributed by atoms with Crippen molar-refractivity contribution in [2.75, 3.05) is 20.8 Å². The third-order valence-corrected chi connectivity index (χ3v) is 3.66. The highest BCUT2D eigenvalue weighted by molar-refractivity contribution is 5.74. The first-order chi connectivity index (χ1) is 10.2. The van der Waals surface area contributed by atoms with Gasteiger partial charge in [0.05, 0.1) is 14.2 Å². The van der Waals surface area contributed by atoms with Gasteiger partial charge >= 0.3 is 0 Å². The summed E-state index contributed by atoms with van der Waals surface area (Å²) in [7, 11) is 3.32. The molecule has 2 N–H and O–H groups in total. The second-order valence-electron chi connectivity index (χ2n) is 5.02. The molecule has 1 aromatic heterocycles. The van der Waals surface area contributed by atoms with E-state index in [-0.39, 0.29) is 0 Å². The van der Waals surface area contributed by atoms with Crippen LogP contribution in [0.1, 0.15) is 24.8 Å². The fourth-order valence-electron chi connectivity index (χ4n) is 2.43. The van der Waals surface area contributed by atoms with Gasteiger partial charge in [-0.3, -0.25) is 4.98 Å². The molecule has 0 fully saturated rings. The molecular formula is C17H22N2O2. The molecule has 1 heterocycles. The Morgan fingerprint density at radius 1 is 1.14 bits per heavy atom. The largest absolute Gasteiger partial charge is 0.493 e. The maximum Gasteiger partial charge on any atom is 0.168 e. The molecule has 0 spiro atoms. The van der Waals surface area contributed by atoms with Gasteiger partial charge in [-0.25, -0.2) is 0 Å². The highest BCUT2D eigenvalue weighted by Gasteiger charge is 2.16. The lowest BCUT2D eigenvalue weighted by atomic mass is 9.93. The standard InChI is InChI=1S/C17H22N2O2/c1-12(4-7-18)14-10-15(13-5-8-19-9-6-13)17(21-3)16(11-14)20-2/h5-6,8-12H,4,7,18H2,1-3H3. The lowest BCUT2D eigenvalue weighted by molar-refractivity contribution is 0.355. The van der Waals surface area contributed by atoms with Gasteiger partial charge < -0.3 is 15.2 Å². The molecule has 21 heavy (non-hydrogen) atoms. The SMILES string of the molecule is COc1cc(C(C)CCN)cc(-c2ccncc2)c1OC. The van der Waals surface area contributed by atoms with Crippen molar-refractivity contribution in [1.82, 2.24) is 4.98 Å². The molecule has 2 aromatic rings. The van der Waals surface area contributed by atoms with Crippen molar-refractivity contribution in [2.45, 2.75) is 19.3 Å². The topological polar surface area (TPSA) is 57.4 Å². The van der Waals surface area contributed by atoms with Crippen LogP contribution in [-0.2, 0) is 0 Å². The van der Waals surface area contributed by atoms with Crippen molar-refractivity contribution in [3.63, 3.8) is 0 Å². The molecule has 0 aliphatic heterocycles. The van der Waals surface area contributed by atoms with Gasteiger partial charge in [0, 0.05) is 18.0 Å². The first-order valence-corrected chi connectivity index (χ1v) is 7.07. The van der Waals surface area contributed by atoms with E-state index in [0.717, 1.165) is 29.0 Å². The smallest absolute Gasteiger partial charge is 0.168 e. The highest BCUT2D eigenvalue weighted by Crippen LogP contribution is 2.41. The molecule has 4 heteroatoms. The number of rotatable bonds is 6. The van der Waals surface area contributed by atoms with Crippen LogP contribution < -0.4 is 15.2 Å². The second-order valence-corrected chi connectivity index (χ2v) is 5.02. The minimum absolute atomic E-state index is 0.371. The molecule has 0 amide bonds. The summed E-state index contributed by atoms with van der Waals surface area (Å²) in [4.78, 5) is 4.07. The molecule has 1 atom stereocenters.